The van der Waals surface area contributed by atoms with Gasteiger partial charge in [-0.3, -0.25) is 9.79 Å². The molecule has 1 aliphatic heterocycles. The second-order valence-corrected chi connectivity index (χ2v) is 8.46. The first kappa shape index (κ1) is 18.6. The number of hydrogen-bond acceptors (Lipinski definition) is 2. The number of fused-ring (bicyclic) bond motifs is 5. The number of carbonyl (C=O) groups is 1. The molecule has 2 bridgehead atoms. The zero-order valence-corrected chi connectivity index (χ0v) is 17.3. The van der Waals surface area contributed by atoms with Crippen molar-refractivity contribution in [3.05, 3.63) is 94.7 Å². The van der Waals surface area contributed by atoms with Crippen LogP contribution < -0.4 is 5.32 Å². The van der Waals surface area contributed by atoms with E-state index in [0.717, 1.165) is 23.2 Å². The van der Waals surface area contributed by atoms with Gasteiger partial charge in [0.2, 0.25) is 0 Å². The Morgan fingerprint density at radius 1 is 1.03 bits per heavy atom. The van der Waals surface area contributed by atoms with Crippen LogP contribution in [-0.4, -0.2) is 18.7 Å². The number of hydrogen-bond donors (Lipinski definition) is 1. The average molecular weight is 393 g/mol. The van der Waals surface area contributed by atoms with Crippen LogP contribution in [0.5, 0.6) is 0 Å². The third-order valence-electron chi connectivity index (χ3n) is 6.23. The lowest BCUT2D eigenvalue weighted by atomic mass is 9.71. The maximum Gasteiger partial charge on any atom is 0.251 e. The molecule has 0 unspecified atom stereocenters. The molecule has 3 aromatic rings. The second-order valence-electron chi connectivity index (χ2n) is 8.46. The molecule has 0 atom stereocenters. The predicted molar refractivity (Wildman–Crippen MR) is 125 cm³/mol. The summed E-state index contributed by atoms with van der Waals surface area (Å²) in [4.78, 5) is 17.4. The number of benzene rings is 3. The van der Waals surface area contributed by atoms with Crippen LogP contribution in [0, 0.1) is 5.41 Å². The van der Waals surface area contributed by atoms with Gasteiger partial charge >= 0.3 is 0 Å². The van der Waals surface area contributed by atoms with Crippen molar-refractivity contribution in [3.8, 4) is 0 Å². The minimum absolute atomic E-state index is 0.0318. The Morgan fingerprint density at radius 2 is 1.87 bits per heavy atom. The zero-order chi connectivity index (χ0) is 20.7. The summed E-state index contributed by atoms with van der Waals surface area (Å²) in [5.41, 5.74) is 6.35. The van der Waals surface area contributed by atoms with Crippen LogP contribution in [0.15, 0.2) is 77.4 Å². The van der Waals surface area contributed by atoms with E-state index in [-0.39, 0.29) is 11.3 Å². The molecule has 0 saturated carbocycles. The van der Waals surface area contributed by atoms with Crippen LogP contribution >= 0.6 is 0 Å². The summed E-state index contributed by atoms with van der Waals surface area (Å²) < 4.78 is 0. The highest BCUT2D eigenvalue weighted by molar-refractivity contribution is 6.00. The minimum Gasteiger partial charge on any atom is -0.352 e. The normalized spacial score (nSPS) is 15.9. The van der Waals surface area contributed by atoms with Crippen LogP contribution in [0.3, 0.4) is 0 Å². The third-order valence-corrected chi connectivity index (χ3v) is 6.23. The molecule has 0 radical (unpaired) electrons. The first-order valence-electron chi connectivity index (χ1n) is 10.4. The Kier molecular flexibility index (Phi) is 4.39. The first-order chi connectivity index (χ1) is 14.5. The fourth-order valence-corrected chi connectivity index (χ4v) is 4.47. The summed E-state index contributed by atoms with van der Waals surface area (Å²) in [5.74, 6) is -0.0318. The Morgan fingerprint density at radius 3 is 2.77 bits per heavy atom. The highest BCUT2D eigenvalue weighted by atomic mass is 16.1. The fourth-order valence-electron chi connectivity index (χ4n) is 4.47. The Bertz CT molecular complexity index is 1260. The number of nitrogens with one attached hydrogen (secondary N) is 1. The van der Waals surface area contributed by atoms with E-state index >= 15 is 0 Å². The van der Waals surface area contributed by atoms with Crippen molar-refractivity contribution in [2.24, 2.45) is 10.4 Å². The van der Waals surface area contributed by atoms with Gasteiger partial charge in [-0.25, -0.2) is 0 Å². The number of rotatable bonds is 4. The molecule has 1 aliphatic carbocycles. The molecule has 2 aliphatic rings. The van der Waals surface area contributed by atoms with Crippen molar-refractivity contribution in [1.82, 2.24) is 5.32 Å². The van der Waals surface area contributed by atoms with Crippen molar-refractivity contribution in [2.45, 2.75) is 20.3 Å². The number of amides is 1. The van der Waals surface area contributed by atoms with Crippen LogP contribution in [-0.2, 0) is 6.42 Å². The highest BCUT2D eigenvalue weighted by Crippen LogP contribution is 2.48. The smallest absolute Gasteiger partial charge is 0.251 e. The molecule has 0 aromatic heterocycles. The quantitative estimate of drug-likeness (QED) is 0.611. The maximum atomic E-state index is 12.8. The van der Waals surface area contributed by atoms with Crippen molar-refractivity contribution in [3.63, 3.8) is 0 Å². The van der Waals surface area contributed by atoms with Crippen molar-refractivity contribution >= 4 is 34.5 Å². The second kappa shape index (κ2) is 7.10. The van der Waals surface area contributed by atoms with E-state index in [1.807, 2.05) is 24.4 Å². The molecule has 0 spiro atoms. The van der Waals surface area contributed by atoms with Crippen LogP contribution in [0.1, 0.15) is 40.9 Å². The number of allylic oxidation sites excluding steroid dienone is 2. The topological polar surface area (TPSA) is 41.5 Å². The summed E-state index contributed by atoms with van der Waals surface area (Å²) in [6.07, 6.45) is 6.85. The molecular formula is C27H24N2O. The van der Waals surface area contributed by atoms with E-state index in [0.29, 0.717) is 12.1 Å². The monoisotopic (exact) mass is 392 g/mol. The van der Waals surface area contributed by atoms with Gasteiger partial charge in [0.15, 0.2) is 0 Å². The van der Waals surface area contributed by atoms with Crippen molar-refractivity contribution in [2.75, 3.05) is 6.54 Å². The van der Waals surface area contributed by atoms with Gasteiger partial charge in [-0.15, -0.1) is 0 Å². The number of nitrogens with zero attached hydrogens (tertiary/aromatic N) is 1. The van der Waals surface area contributed by atoms with Crippen LogP contribution in [0.25, 0.3) is 22.4 Å². The summed E-state index contributed by atoms with van der Waals surface area (Å²) in [6, 6.07) is 20.7. The maximum absolute atomic E-state index is 12.8. The van der Waals surface area contributed by atoms with Gasteiger partial charge in [0.25, 0.3) is 5.91 Å². The van der Waals surface area contributed by atoms with Crippen molar-refractivity contribution < 1.29 is 4.79 Å². The molecule has 3 aromatic carbocycles. The number of dihydropyridines is 1. The molecular weight excluding hydrogens is 368 g/mol. The SMILES string of the molecule is CC1(C)C2=Cc3ccc(C(=O)NCCc4cccc5ccccc45)cc3C1=CC=N2. The van der Waals surface area contributed by atoms with Gasteiger partial charge in [0, 0.05) is 23.7 Å². The summed E-state index contributed by atoms with van der Waals surface area (Å²) in [5, 5.41) is 5.58. The lowest BCUT2D eigenvalue weighted by Crippen LogP contribution is -2.27. The molecule has 30 heavy (non-hydrogen) atoms. The first-order valence-corrected chi connectivity index (χ1v) is 10.4. The third kappa shape index (κ3) is 3.07. The van der Waals surface area contributed by atoms with Gasteiger partial charge in [-0.2, -0.15) is 0 Å². The summed E-state index contributed by atoms with van der Waals surface area (Å²) in [6.45, 7) is 4.97. The molecule has 148 valence electrons. The Balaban J connectivity index is 1.34. The molecule has 5 rings (SSSR count). The average Bonchev–Trinajstić information content (AvgIpc) is 2.73. The molecule has 3 heteroatoms. The molecule has 1 heterocycles. The van der Waals surface area contributed by atoms with Gasteiger partial charge < -0.3 is 5.32 Å². The largest absolute Gasteiger partial charge is 0.352 e. The van der Waals surface area contributed by atoms with Crippen molar-refractivity contribution in [1.29, 1.82) is 0 Å². The standard InChI is InChI=1S/C27H24N2O/c1-27(2)24-13-15-28-25(27)17-20-10-11-21(16-23(20)24)26(30)29-14-12-19-8-5-7-18-6-3-4-9-22(18)19/h3-11,13,15-17H,12,14H2,1-2H3,(H,29,30). The van der Waals surface area contributed by atoms with E-state index < -0.39 is 0 Å². The summed E-state index contributed by atoms with van der Waals surface area (Å²) in [7, 11) is 0. The van der Waals surface area contributed by atoms with Gasteiger partial charge in [0.05, 0.1) is 5.70 Å². The van der Waals surface area contributed by atoms with E-state index in [1.165, 1.54) is 21.9 Å². The Labute approximate surface area is 176 Å². The highest BCUT2D eigenvalue weighted by Gasteiger charge is 2.35. The molecule has 3 nitrogen and oxygen atoms in total. The summed E-state index contributed by atoms with van der Waals surface area (Å²) >= 11 is 0. The number of aliphatic imine (C=N–C) groups is 1. The Hall–Kier alpha value is -3.46. The zero-order valence-electron chi connectivity index (χ0n) is 17.3. The molecule has 1 amide bonds. The van der Waals surface area contributed by atoms with E-state index in [4.69, 9.17) is 0 Å². The fraction of sp³-hybridized carbons (Fsp3) is 0.185. The van der Waals surface area contributed by atoms with E-state index in [1.54, 1.807) is 0 Å². The number of carbonyl (C=O) groups excluding carboxylic acids is 1. The van der Waals surface area contributed by atoms with Gasteiger partial charge in [-0.1, -0.05) is 62.4 Å². The van der Waals surface area contributed by atoms with Crippen LogP contribution in [0.2, 0.25) is 0 Å². The molecule has 0 fully saturated rings. The van der Waals surface area contributed by atoms with Crippen LogP contribution in [0.4, 0.5) is 0 Å². The predicted octanol–water partition coefficient (Wildman–Crippen LogP) is 5.66. The van der Waals surface area contributed by atoms with Gasteiger partial charge in [-0.05, 0) is 63.7 Å². The molecule has 0 saturated heterocycles. The lowest BCUT2D eigenvalue weighted by Gasteiger charge is -2.35. The minimum atomic E-state index is -0.134. The van der Waals surface area contributed by atoms with E-state index in [2.05, 4.69) is 78.8 Å². The van der Waals surface area contributed by atoms with Gasteiger partial charge in [0.1, 0.15) is 0 Å². The van der Waals surface area contributed by atoms with E-state index in [9.17, 15) is 4.79 Å². The molecule has 1 N–H and O–H groups in total. The lowest BCUT2D eigenvalue weighted by molar-refractivity contribution is 0.0954.